The van der Waals surface area contributed by atoms with Crippen LogP contribution in [0.4, 0.5) is 5.69 Å². The molecule has 1 aromatic heterocycles. The van der Waals surface area contributed by atoms with E-state index in [4.69, 9.17) is 5.73 Å². The van der Waals surface area contributed by atoms with Gasteiger partial charge >= 0.3 is 0 Å². The number of aromatic nitrogens is 1. The molecule has 1 atom stereocenters. The molecule has 4 heteroatoms. The van der Waals surface area contributed by atoms with Crippen LogP contribution in [-0.4, -0.2) is 42.1 Å². The lowest BCUT2D eigenvalue weighted by Gasteiger charge is -2.25. The van der Waals surface area contributed by atoms with Crippen LogP contribution in [0.1, 0.15) is 24.8 Å². The molecule has 2 saturated heterocycles. The van der Waals surface area contributed by atoms with Gasteiger partial charge in [-0.05, 0) is 38.4 Å². The molecule has 4 nitrogen and oxygen atoms in total. The van der Waals surface area contributed by atoms with Gasteiger partial charge in [0.1, 0.15) is 0 Å². The van der Waals surface area contributed by atoms with Crippen molar-refractivity contribution in [3.63, 3.8) is 0 Å². The Morgan fingerprint density at radius 2 is 2.11 bits per heavy atom. The minimum Gasteiger partial charge on any atom is -0.370 e. The van der Waals surface area contributed by atoms with Crippen molar-refractivity contribution in [2.24, 2.45) is 5.73 Å². The van der Waals surface area contributed by atoms with Crippen LogP contribution in [0.5, 0.6) is 0 Å². The Labute approximate surface area is 109 Å². The first-order chi connectivity index (χ1) is 8.88. The third kappa shape index (κ3) is 2.22. The first-order valence-electron chi connectivity index (χ1n) is 7.00. The summed E-state index contributed by atoms with van der Waals surface area (Å²) in [5, 5.41) is 0. The molecular weight excluding hydrogens is 224 g/mol. The first kappa shape index (κ1) is 11.9. The molecule has 0 radical (unpaired) electrons. The average molecular weight is 246 g/mol. The number of nitrogens with zero attached hydrogens (tertiary/aromatic N) is 3. The predicted molar refractivity (Wildman–Crippen MR) is 73.6 cm³/mol. The SMILES string of the molecule is NCc1cnccc1N1CCC(N2CCCC2)C1. The second kappa shape index (κ2) is 5.24. The molecule has 0 spiro atoms. The molecule has 2 aliphatic heterocycles. The summed E-state index contributed by atoms with van der Waals surface area (Å²) in [6.45, 7) is 5.46. The van der Waals surface area contributed by atoms with Crippen LogP contribution in [0.2, 0.25) is 0 Å². The first-order valence-corrected chi connectivity index (χ1v) is 7.00. The smallest absolute Gasteiger partial charge is 0.0443 e. The fourth-order valence-electron chi connectivity index (χ4n) is 3.25. The Morgan fingerprint density at radius 1 is 1.28 bits per heavy atom. The Morgan fingerprint density at radius 3 is 2.89 bits per heavy atom. The summed E-state index contributed by atoms with van der Waals surface area (Å²) in [6.07, 6.45) is 7.81. The normalized spacial score (nSPS) is 24.9. The van der Waals surface area contributed by atoms with Crippen molar-refractivity contribution >= 4 is 5.69 Å². The summed E-state index contributed by atoms with van der Waals surface area (Å²) in [4.78, 5) is 9.30. The largest absolute Gasteiger partial charge is 0.370 e. The molecule has 0 bridgehead atoms. The summed E-state index contributed by atoms with van der Waals surface area (Å²) in [5.74, 6) is 0. The summed E-state index contributed by atoms with van der Waals surface area (Å²) < 4.78 is 0. The Kier molecular flexibility index (Phi) is 3.48. The Bertz CT molecular complexity index is 401. The van der Waals surface area contributed by atoms with Crippen LogP contribution >= 0.6 is 0 Å². The highest BCUT2D eigenvalue weighted by atomic mass is 15.3. The maximum Gasteiger partial charge on any atom is 0.0443 e. The fraction of sp³-hybridized carbons (Fsp3) is 0.643. The summed E-state index contributed by atoms with van der Waals surface area (Å²) >= 11 is 0. The van der Waals surface area contributed by atoms with Gasteiger partial charge in [-0.25, -0.2) is 0 Å². The molecule has 2 N–H and O–H groups in total. The molecule has 0 saturated carbocycles. The van der Waals surface area contributed by atoms with E-state index in [9.17, 15) is 0 Å². The molecule has 3 heterocycles. The van der Waals surface area contributed by atoms with Gasteiger partial charge in [0, 0.05) is 49.3 Å². The molecule has 1 unspecified atom stereocenters. The van der Waals surface area contributed by atoms with E-state index in [1.807, 2.05) is 12.4 Å². The summed E-state index contributed by atoms with van der Waals surface area (Å²) in [6, 6.07) is 2.85. The number of likely N-dealkylation sites (tertiary alicyclic amines) is 1. The quantitative estimate of drug-likeness (QED) is 0.871. The number of hydrogen-bond donors (Lipinski definition) is 1. The number of pyridine rings is 1. The van der Waals surface area contributed by atoms with Crippen molar-refractivity contribution in [1.82, 2.24) is 9.88 Å². The molecule has 18 heavy (non-hydrogen) atoms. The molecule has 0 aliphatic carbocycles. The van der Waals surface area contributed by atoms with Crippen LogP contribution in [-0.2, 0) is 6.54 Å². The molecule has 2 aliphatic rings. The van der Waals surface area contributed by atoms with Crippen LogP contribution in [0.25, 0.3) is 0 Å². The van der Waals surface area contributed by atoms with E-state index in [-0.39, 0.29) is 0 Å². The van der Waals surface area contributed by atoms with E-state index in [2.05, 4.69) is 20.9 Å². The van der Waals surface area contributed by atoms with Crippen molar-refractivity contribution in [3.05, 3.63) is 24.0 Å². The van der Waals surface area contributed by atoms with Gasteiger partial charge in [0.05, 0.1) is 0 Å². The van der Waals surface area contributed by atoms with Gasteiger partial charge in [-0.15, -0.1) is 0 Å². The van der Waals surface area contributed by atoms with Crippen molar-refractivity contribution in [1.29, 1.82) is 0 Å². The second-order valence-corrected chi connectivity index (χ2v) is 5.34. The number of rotatable bonds is 3. The highest BCUT2D eigenvalue weighted by Gasteiger charge is 2.29. The van der Waals surface area contributed by atoms with Gasteiger partial charge in [0.25, 0.3) is 0 Å². The van der Waals surface area contributed by atoms with Crippen LogP contribution in [0, 0.1) is 0 Å². The number of hydrogen-bond acceptors (Lipinski definition) is 4. The summed E-state index contributed by atoms with van der Waals surface area (Å²) in [5.41, 5.74) is 8.25. The molecule has 3 rings (SSSR count). The third-order valence-corrected chi connectivity index (χ3v) is 4.26. The number of nitrogens with two attached hydrogens (primary N) is 1. The third-order valence-electron chi connectivity index (χ3n) is 4.26. The van der Waals surface area contributed by atoms with Gasteiger partial charge in [-0.2, -0.15) is 0 Å². The minimum absolute atomic E-state index is 0.577. The lowest BCUT2D eigenvalue weighted by molar-refractivity contribution is 0.260. The molecule has 98 valence electrons. The fourth-order valence-corrected chi connectivity index (χ4v) is 3.25. The molecule has 2 fully saturated rings. The van der Waals surface area contributed by atoms with Gasteiger partial charge in [-0.1, -0.05) is 0 Å². The monoisotopic (exact) mass is 246 g/mol. The van der Waals surface area contributed by atoms with Gasteiger partial charge < -0.3 is 10.6 Å². The molecule has 0 aromatic carbocycles. The maximum absolute atomic E-state index is 5.80. The standard InChI is InChI=1S/C14H22N4/c15-9-12-10-16-5-3-14(12)18-8-4-13(11-18)17-6-1-2-7-17/h3,5,10,13H,1-2,4,6-9,11,15H2. The van der Waals surface area contributed by atoms with E-state index in [0.717, 1.165) is 19.1 Å². The van der Waals surface area contributed by atoms with E-state index >= 15 is 0 Å². The minimum atomic E-state index is 0.577. The van der Waals surface area contributed by atoms with Crippen molar-refractivity contribution in [2.45, 2.75) is 31.8 Å². The van der Waals surface area contributed by atoms with E-state index in [1.54, 1.807) is 0 Å². The van der Waals surface area contributed by atoms with Crippen molar-refractivity contribution < 1.29 is 0 Å². The molecular formula is C14H22N4. The van der Waals surface area contributed by atoms with E-state index < -0.39 is 0 Å². The second-order valence-electron chi connectivity index (χ2n) is 5.34. The molecule has 1 aromatic rings. The predicted octanol–water partition coefficient (Wildman–Crippen LogP) is 1.21. The van der Waals surface area contributed by atoms with Gasteiger partial charge in [0.15, 0.2) is 0 Å². The summed E-state index contributed by atoms with van der Waals surface area (Å²) in [7, 11) is 0. The van der Waals surface area contributed by atoms with E-state index in [1.165, 1.54) is 43.6 Å². The number of anilines is 1. The van der Waals surface area contributed by atoms with Crippen LogP contribution in [0.15, 0.2) is 18.5 Å². The van der Waals surface area contributed by atoms with Crippen molar-refractivity contribution in [3.8, 4) is 0 Å². The zero-order valence-electron chi connectivity index (χ0n) is 10.9. The highest BCUT2D eigenvalue weighted by molar-refractivity contribution is 5.53. The lowest BCUT2D eigenvalue weighted by Crippen LogP contribution is -2.35. The van der Waals surface area contributed by atoms with Gasteiger partial charge in [0.2, 0.25) is 0 Å². The highest BCUT2D eigenvalue weighted by Crippen LogP contribution is 2.27. The molecule has 0 amide bonds. The van der Waals surface area contributed by atoms with Crippen LogP contribution in [0.3, 0.4) is 0 Å². The van der Waals surface area contributed by atoms with Crippen molar-refractivity contribution in [2.75, 3.05) is 31.1 Å². The van der Waals surface area contributed by atoms with Crippen LogP contribution < -0.4 is 10.6 Å². The lowest BCUT2D eigenvalue weighted by atomic mass is 10.2. The topological polar surface area (TPSA) is 45.4 Å². The van der Waals surface area contributed by atoms with Gasteiger partial charge in [-0.3, -0.25) is 9.88 Å². The zero-order chi connectivity index (χ0) is 12.4. The maximum atomic E-state index is 5.80. The Balaban J connectivity index is 1.71. The zero-order valence-corrected chi connectivity index (χ0v) is 10.9. The Hall–Kier alpha value is -1.13. The average Bonchev–Trinajstić information content (AvgIpc) is 3.09. The van der Waals surface area contributed by atoms with E-state index in [0.29, 0.717) is 6.54 Å².